The number of nitrogens with one attached hydrogen (secondary N) is 2. The molecule has 0 radical (unpaired) electrons. The second kappa shape index (κ2) is 8.44. The molecule has 0 saturated heterocycles. The number of hydrogen-bond acceptors (Lipinski definition) is 6. The van der Waals surface area contributed by atoms with Gasteiger partial charge in [0.25, 0.3) is 5.91 Å². The highest BCUT2D eigenvalue weighted by Crippen LogP contribution is 2.32. The quantitative estimate of drug-likeness (QED) is 0.305. The Morgan fingerprint density at radius 2 is 1.68 bits per heavy atom. The van der Waals surface area contributed by atoms with Crippen LogP contribution in [-0.2, 0) is 11.3 Å². The minimum atomic E-state index is -0.602. The number of ether oxygens (including phenoxy) is 1. The summed E-state index contributed by atoms with van der Waals surface area (Å²) in [4.78, 5) is 23.5. The molecular formula is C17H19N3O5. The van der Waals surface area contributed by atoms with Crippen molar-refractivity contribution in [1.82, 2.24) is 10.6 Å². The maximum Gasteiger partial charge on any atom is 0.407 e. The van der Waals surface area contributed by atoms with Crippen molar-refractivity contribution in [3.8, 4) is 11.5 Å². The Hall–Kier alpha value is -3.42. The van der Waals surface area contributed by atoms with Gasteiger partial charge >= 0.3 is 6.09 Å². The van der Waals surface area contributed by atoms with E-state index in [4.69, 9.17) is 10.5 Å². The number of benzene rings is 2. The van der Waals surface area contributed by atoms with Gasteiger partial charge in [-0.1, -0.05) is 30.3 Å². The molecule has 25 heavy (non-hydrogen) atoms. The number of nitrogen functional groups attached to an aromatic ring is 1. The standard InChI is InChI=1S/C17H19N3O5/c18-14-13(21)7-6-12(15(14)22)16(23)19-8-9-20-17(24)25-10-11-4-2-1-3-5-11/h1-7,21-22H,8-10,18H2,(H,19,23)(H,20,24). The first-order chi connectivity index (χ1) is 12.0. The zero-order valence-electron chi connectivity index (χ0n) is 13.4. The van der Waals surface area contributed by atoms with E-state index in [1.807, 2.05) is 30.3 Å². The Kier molecular flexibility index (Phi) is 6.05. The summed E-state index contributed by atoms with van der Waals surface area (Å²) in [5.41, 5.74) is 5.97. The van der Waals surface area contributed by atoms with E-state index in [0.717, 1.165) is 5.56 Å². The van der Waals surface area contributed by atoms with Crippen LogP contribution in [0.5, 0.6) is 11.5 Å². The van der Waals surface area contributed by atoms with Gasteiger partial charge < -0.3 is 31.3 Å². The van der Waals surface area contributed by atoms with Gasteiger partial charge in [0.05, 0.1) is 5.56 Å². The number of phenolic OH excluding ortho intramolecular Hbond substituents is 2. The number of hydrogen-bond donors (Lipinski definition) is 5. The summed E-state index contributed by atoms with van der Waals surface area (Å²) in [5, 5.41) is 24.1. The summed E-state index contributed by atoms with van der Waals surface area (Å²) in [6.07, 6.45) is -0.602. The van der Waals surface area contributed by atoms with Gasteiger partial charge in [0, 0.05) is 13.1 Å². The van der Waals surface area contributed by atoms with Crippen LogP contribution in [0.1, 0.15) is 15.9 Å². The Labute approximate surface area is 144 Å². The largest absolute Gasteiger partial charge is 0.506 e. The number of carbonyl (C=O) groups is 2. The van der Waals surface area contributed by atoms with E-state index in [1.165, 1.54) is 12.1 Å². The molecule has 2 aromatic rings. The lowest BCUT2D eigenvalue weighted by atomic mass is 10.1. The minimum Gasteiger partial charge on any atom is -0.506 e. The number of aromatic hydroxyl groups is 2. The van der Waals surface area contributed by atoms with Gasteiger partial charge in [-0.25, -0.2) is 4.79 Å². The molecule has 0 aliphatic carbocycles. The second-order valence-electron chi connectivity index (χ2n) is 5.14. The number of carbonyl (C=O) groups excluding carboxylic acids is 2. The maximum atomic E-state index is 11.9. The predicted molar refractivity (Wildman–Crippen MR) is 91.1 cm³/mol. The molecule has 0 unspecified atom stereocenters. The summed E-state index contributed by atoms with van der Waals surface area (Å²) in [5.74, 6) is -1.38. The van der Waals surface area contributed by atoms with Crippen LogP contribution in [0.4, 0.5) is 10.5 Å². The molecule has 0 saturated carbocycles. The molecule has 0 aliphatic rings. The van der Waals surface area contributed by atoms with Crippen molar-refractivity contribution in [2.45, 2.75) is 6.61 Å². The zero-order valence-corrected chi connectivity index (χ0v) is 13.4. The van der Waals surface area contributed by atoms with Crippen molar-refractivity contribution in [1.29, 1.82) is 0 Å². The van der Waals surface area contributed by atoms with E-state index >= 15 is 0 Å². The van der Waals surface area contributed by atoms with Crippen LogP contribution >= 0.6 is 0 Å². The summed E-state index contributed by atoms with van der Waals surface area (Å²) in [6, 6.07) is 11.7. The number of anilines is 1. The first-order valence-electron chi connectivity index (χ1n) is 7.52. The van der Waals surface area contributed by atoms with E-state index in [1.54, 1.807) is 0 Å². The van der Waals surface area contributed by atoms with Crippen molar-refractivity contribution >= 4 is 17.7 Å². The fourth-order valence-corrected chi connectivity index (χ4v) is 1.99. The highest BCUT2D eigenvalue weighted by molar-refractivity contribution is 5.99. The number of rotatable bonds is 6. The third-order valence-corrected chi connectivity index (χ3v) is 3.33. The molecule has 8 heteroatoms. The lowest BCUT2D eigenvalue weighted by Gasteiger charge is -2.10. The summed E-state index contributed by atoms with van der Waals surface area (Å²) in [6.45, 7) is 0.423. The monoisotopic (exact) mass is 345 g/mol. The predicted octanol–water partition coefficient (Wildman–Crippen LogP) is 1.34. The topological polar surface area (TPSA) is 134 Å². The third-order valence-electron chi connectivity index (χ3n) is 3.33. The van der Waals surface area contributed by atoms with Crippen molar-refractivity contribution in [2.75, 3.05) is 18.8 Å². The van der Waals surface area contributed by atoms with Gasteiger partial charge in [0.1, 0.15) is 18.0 Å². The zero-order chi connectivity index (χ0) is 18.2. The molecule has 2 rings (SSSR count). The molecule has 132 valence electrons. The number of nitrogens with two attached hydrogens (primary N) is 1. The molecule has 0 heterocycles. The SMILES string of the molecule is Nc1c(O)ccc(C(=O)NCCNC(=O)OCc2ccccc2)c1O. The van der Waals surface area contributed by atoms with Gasteiger partial charge in [-0.05, 0) is 17.7 Å². The fourth-order valence-electron chi connectivity index (χ4n) is 1.99. The smallest absolute Gasteiger partial charge is 0.407 e. The normalized spacial score (nSPS) is 10.1. The maximum absolute atomic E-state index is 11.9. The van der Waals surface area contributed by atoms with Crippen molar-refractivity contribution < 1.29 is 24.5 Å². The molecule has 0 aromatic heterocycles. The molecule has 0 atom stereocenters. The number of phenols is 2. The van der Waals surface area contributed by atoms with E-state index in [-0.39, 0.29) is 36.7 Å². The highest BCUT2D eigenvalue weighted by atomic mass is 16.5. The summed E-state index contributed by atoms with van der Waals surface area (Å²) in [7, 11) is 0. The van der Waals surface area contributed by atoms with Crippen LogP contribution in [0.15, 0.2) is 42.5 Å². The molecule has 2 aromatic carbocycles. The van der Waals surface area contributed by atoms with Gasteiger partial charge in [-0.2, -0.15) is 0 Å². The van der Waals surface area contributed by atoms with Crippen molar-refractivity contribution in [3.05, 3.63) is 53.6 Å². The first kappa shape index (κ1) is 17.9. The number of alkyl carbamates (subject to hydrolysis) is 1. The summed E-state index contributed by atoms with van der Waals surface area (Å²) < 4.78 is 5.02. The van der Waals surface area contributed by atoms with Gasteiger partial charge in [0.2, 0.25) is 0 Å². The summed E-state index contributed by atoms with van der Waals surface area (Å²) >= 11 is 0. The molecule has 0 bridgehead atoms. The Morgan fingerprint density at radius 3 is 2.40 bits per heavy atom. The Balaban J connectivity index is 1.71. The van der Waals surface area contributed by atoms with Crippen LogP contribution in [-0.4, -0.2) is 35.3 Å². The Morgan fingerprint density at radius 1 is 1.00 bits per heavy atom. The van der Waals surface area contributed by atoms with Gasteiger partial charge in [0.15, 0.2) is 5.75 Å². The van der Waals surface area contributed by atoms with Crippen LogP contribution in [0.2, 0.25) is 0 Å². The number of amides is 2. The van der Waals surface area contributed by atoms with Crippen LogP contribution in [0.3, 0.4) is 0 Å². The van der Waals surface area contributed by atoms with E-state index in [2.05, 4.69) is 10.6 Å². The Bertz CT molecular complexity index is 749. The third kappa shape index (κ3) is 5.03. The van der Waals surface area contributed by atoms with Crippen molar-refractivity contribution in [3.63, 3.8) is 0 Å². The van der Waals surface area contributed by atoms with Crippen LogP contribution < -0.4 is 16.4 Å². The minimum absolute atomic E-state index is 0.0676. The lowest BCUT2D eigenvalue weighted by molar-refractivity contribution is 0.0949. The average molecular weight is 345 g/mol. The molecule has 8 nitrogen and oxygen atoms in total. The average Bonchev–Trinajstić information content (AvgIpc) is 2.62. The molecule has 0 aliphatic heterocycles. The lowest BCUT2D eigenvalue weighted by Crippen LogP contribution is -2.35. The van der Waals surface area contributed by atoms with Gasteiger partial charge in [-0.3, -0.25) is 4.79 Å². The fraction of sp³-hybridized carbons (Fsp3) is 0.176. The molecular weight excluding hydrogens is 326 g/mol. The highest BCUT2D eigenvalue weighted by Gasteiger charge is 2.15. The van der Waals surface area contributed by atoms with Crippen LogP contribution in [0.25, 0.3) is 0 Å². The second-order valence-corrected chi connectivity index (χ2v) is 5.14. The molecule has 6 N–H and O–H groups in total. The molecule has 2 amide bonds. The molecule has 0 spiro atoms. The molecule has 0 fully saturated rings. The van der Waals surface area contributed by atoms with E-state index in [0.29, 0.717) is 0 Å². The van der Waals surface area contributed by atoms with Crippen molar-refractivity contribution in [2.24, 2.45) is 0 Å². The van der Waals surface area contributed by atoms with E-state index < -0.39 is 17.7 Å². The van der Waals surface area contributed by atoms with Crippen LogP contribution in [0, 0.1) is 0 Å². The van der Waals surface area contributed by atoms with E-state index in [9.17, 15) is 19.8 Å². The first-order valence-corrected chi connectivity index (χ1v) is 7.52. The van der Waals surface area contributed by atoms with Gasteiger partial charge in [-0.15, -0.1) is 0 Å².